The zero-order chi connectivity index (χ0) is 19.6. The molecule has 4 heteroatoms. The van der Waals surface area contributed by atoms with Crippen LogP contribution in [0.1, 0.15) is 48.4 Å². The SMILES string of the molecule is O=C(Cc1cccc2sccc12)NC1c2ccccc2CCCC1N1CCCC1. The Labute approximate surface area is 176 Å². The molecule has 1 N–H and O–H groups in total. The molecule has 2 heterocycles. The predicted octanol–water partition coefficient (Wildman–Crippen LogP) is 5.10. The normalized spacial score (nSPS) is 22.3. The van der Waals surface area contributed by atoms with Crippen LogP contribution < -0.4 is 5.32 Å². The van der Waals surface area contributed by atoms with Crippen LogP contribution in [0.15, 0.2) is 53.9 Å². The van der Waals surface area contributed by atoms with Crippen molar-refractivity contribution in [2.24, 2.45) is 0 Å². The molecule has 2 unspecified atom stereocenters. The molecule has 1 aliphatic carbocycles. The number of aryl methyl sites for hydroxylation is 1. The van der Waals surface area contributed by atoms with E-state index in [0.717, 1.165) is 31.5 Å². The summed E-state index contributed by atoms with van der Waals surface area (Å²) in [6.07, 6.45) is 6.46. The highest BCUT2D eigenvalue weighted by Crippen LogP contribution is 2.34. The first-order valence-electron chi connectivity index (χ1n) is 10.9. The molecule has 0 saturated carbocycles. The van der Waals surface area contributed by atoms with Gasteiger partial charge in [-0.15, -0.1) is 11.3 Å². The van der Waals surface area contributed by atoms with Gasteiger partial charge in [0.2, 0.25) is 5.91 Å². The van der Waals surface area contributed by atoms with Gasteiger partial charge in [0.15, 0.2) is 0 Å². The Morgan fingerprint density at radius 2 is 1.90 bits per heavy atom. The average molecular weight is 405 g/mol. The summed E-state index contributed by atoms with van der Waals surface area (Å²) in [5, 5.41) is 6.79. The van der Waals surface area contributed by atoms with Gasteiger partial charge in [0.05, 0.1) is 12.5 Å². The molecular weight excluding hydrogens is 376 g/mol. The van der Waals surface area contributed by atoms with Gasteiger partial charge in [-0.3, -0.25) is 9.69 Å². The average Bonchev–Trinajstić information content (AvgIpc) is 3.40. The maximum Gasteiger partial charge on any atom is 0.224 e. The van der Waals surface area contributed by atoms with Gasteiger partial charge in [0.1, 0.15) is 0 Å². The lowest BCUT2D eigenvalue weighted by molar-refractivity contribution is -0.121. The molecule has 1 aliphatic heterocycles. The third kappa shape index (κ3) is 3.84. The number of hydrogen-bond donors (Lipinski definition) is 1. The van der Waals surface area contributed by atoms with E-state index in [2.05, 4.69) is 64.1 Å². The molecule has 2 aromatic carbocycles. The van der Waals surface area contributed by atoms with Crippen molar-refractivity contribution < 1.29 is 4.79 Å². The van der Waals surface area contributed by atoms with E-state index in [1.54, 1.807) is 11.3 Å². The van der Waals surface area contributed by atoms with Crippen LogP contribution in [0.2, 0.25) is 0 Å². The maximum absolute atomic E-state index is 13.2. The summed E-state index contributed by atoms with van der Waals surface area (Å²) < 4.78 is 1.25. The fraction of sp³-hybridized carbons (Fsp3) is 0.400. The van der Waals surface area contributed by atoms with Crippen LogP contribution >= 0.6 is 11.3 Å². The molecule has 5 rings (SSSR count). The van der Waals surface area contributed by atoms with Crippen molar-refractivity contribution in [2.75, 3.05) is 13.1 Å². The number of rotatable bonds is 4. The van der Waals surface area contributed by atoms with Crippen LogP contribution in [0.5, 0.6) is 0 Å². The molecule has 150 valence electrons. The van der Waals surface area contributed by atoms with Crippen LogP contribution in [0.3, 0.4) is 0 Å². The molecule has 29 heavy (non-hydrogen) atoms. The van der Waals surface area contributed by atoms with E-state index in [4.69, 9.17) is 0 Å². The van der Waals surface area contributed by atoms with Gasteiger partial charge in [0.25, 0.3) is 0 Å². The van der Waals surface area contributed by atoms with Gasteiger partial charge < -0.3 is 5.32 Å². The van der Waals surface area contributed by atoms with E-state index in [1.165, 1.54) is 40.5 Å². The van der Waals surface area contributed by atoms with E-state index < -0.39 is 0 Å². The number of hydrogen-bond acceptors (Lipinski definition) is 3. The molecule has 2 atom stereocenters. The maximum atomic E-state index is 13.2. The van der Waals surface area contributed by atoms with Gasteiger partial charge >= 0.3 is 0 Å². The molecular formula is C25H28N2OS. The van der Waals surface area contributed by atoms with E-state index in [-0.39, 0.29) is 11.9 Å². The first kappa shape index (κ1) is 18.8. The quantitative estimate of drug-likeness (QED) is 0.614. The fourth-order valence-corrected chi connectivity index (χ4v) is 6.02. The van der Waals surface area contributed by atoms with Crippen LogP contribution in [0.4, 0.5) is 0 Å². The fourth-order valence-electron chi connectivity index (χ4n) is 5.19. The number of benzene rings is 2. The largest absolute Gasteiger partial charge is 0.347 e. The van der Waals surface area contributed by atoms with Crippen molar-refractivity contribution in [2.45, 2.75) is 50.6 Å². The van der Waals surface area contributed by atoms with Gasteiger partial charge in [-0.1, -0.05) is 36.4 Å². The Hall–Kier alpha value is -2.17. The summed E-state index contributed by atoms with van der Waals surface area (Å²) in [5.41, 5.74) is 3.85. The molecule has 0 radical (unpaired) electrons. The third-order valence-corrected chi connectivity index (χ3v) is 7.47. The van der Waals surface area contributed by atoms with E-state index in [0.29, 0.717) is 12.5 Å². The Kier molecular flexibility index (Phi) is 5.38. The highest BCUT2D eigenvalue weighted by molar-refractivity contribution is 7.17. The Morgan fingerprint density at radius 1 is 1.03 bits per heavy atom. The van der Waals surface area contributed by atoms with Gasteiger partial charge in [0, 0.05) is 10.7 Å². The minimum absolute atomic E-state index is 0.0842. The minimum atomic E-state index is 0.0842. The Balaban J connectivity index is 1.42. The zero-order valence-corrected chi connectivity index (χ0v) is 17.6. The lowest BCUT2D eigenvalue weighted by Crippen LogP contribution is -2.45. The summed E-state index contributed by atoms with van der Waals surface area (Å²) >= 11 is 1.74. The van der Waals surface area contributed by atoms with Crippen molar-refractivity contribution in [3.05, 3.63) is 70.6 Å². The predicted molar refractivity (Wildman–Crippen MR) is 120 cm³/mol. The highest BCUT2D eigenvalue weighted by Gasteiger charge is 2.34. The first-order valence-corrected chi connectivity index (χ1v) is 11.7. The number of likely N-dealkylation sites (tertiary alicyclic amines) is 1. The summed E-state index contributed by atoms with van der Waals surface area (Å²) in [6.45, 7) is 2.32. The summed E-state index contributed by atoms with van der Waals surface area (Å²) in [6, 6.07) is 17.6. The van der Waals surface area contributed by atoms with Gasteiger partial charge in [-0.2, -0.15) is 0 Å². The lowest BCUT2D eigenvalue weighted by Gasteiger charge is -2.34. The van der Waals surface area contributed by atoms with Crippen LogP contribution in [0, 0.1) is 0 Å². The highest BCUT2D eigenvalue weighted by atomic mass is 32.1. The molecule has 1 saturated heterocycles. The Morgan fingerprint density at radius 3 is 2.79 bits per heavy atom. The first-order chi connectivity index (χ1) is 14.3. The lowest BCUT2D eigenvalue weighted by atomic mass is 9.94. The van der Waals surface area contributed by atoms with Crippen molar-refractivity contribution in [3.8, 4) is 0 Å². The van der Waals surface area contributed by atoms with Crippen LogP contribution in [0.25, 0.3) is 10.1 Å². The second kappa shape index (κ2) is 8.29. The number of fused-ring (bicyclic) bond motifs is 2. The number of thiophene rings is 1. The molecule has 3 aromatic rings. The van der Waals surface area contributed by atoms with Gasteiger partial charge in [-0.25, -0.2) is 0 Å². The van der Waals surface area contributed by atoms with Crippen molar-refractivity contribution in [1.29, 1.82) is 0 Å². The van der Waals surface area contributed by atoms with Gasteiger partial charge in [-0.05, 0) is 84.8 Å². The smallest absolute Gasteiger partial charge is 0.224 e. The van der Waals surface area contributed by atoms with E-state index in [9.17, 15) is 4.79 Å². The zero-order valence-electron chi connectivity index (χ0n) is 16.8. The summed E-state index contributed by atoms with van der Waals surface area (Å²) in [4.78, 5) is 15.8. The molecule has 1 amide bonds. The topological polar surface area (TPSA) is 32.3 Å². The molecule has 3 nitrogen and oxygen atoms in total. The van der Waals surface area contributed by atoms with E-state index in [1.807, 2.05) is 0 Å². The number of carbonyl (C=O) groups is 1. The second-order valence-electron chi connectivity index (χ2n) is 8.37. The molecule has 2 aliphatic rings. The Bertz CT molecular complexity index is 1000. The van der Waals surface area contributed by atoms with Crippen molar-refractivity contribution in [1.82, 2.24) is 10.2 Å². The minimum Gasteiger partial charge on any atom is -0.347 e. The number of carbonyl (C=O) groups excluding carboxylic acids is 1. The number of amides is 1. The van der Waals surface area contributed by atoms with Crippen molar-refractivity contribution in [3.63, 3.8) is 0 Å². The van der Waals surface area contributed by atoms with Crippen molar-refractivity contribution >= 4 is 27.3 Å². The third-order valence-electron chi connectivity index (χ3n) is 6.58. The number of nitrogens with one attached hydrogen (secondary N) is 1. The van der Waals surface area contributed by atoms with E-state index >= 15 is 0 Å². The summed E-state index contributed by atoms with van der Waals surface area (Å²) in [5.74, 6) is 0.134. The molecule has 1 aromatic heterocycles. The van der Waals surface area contributed by atoms with Crippen LogP contribution in [-0.2, 0) is 17.6 Å². The standard InChI is InChI=1S/C25H28N2OS/c28-24(17-19-9-6-12-23-20(19)13-16-29-23)26-25-21-10-2-1-7-18(21)8-5-11-22(25)27-14-3-4-15-27/h1-2,6-7,9-10,12-13,16,22,25H,3-5,8,11,14-15,17H2,(H,26,28). The molecule has 1 fully saturated rings. The molecule has 0 bridgehead atoms. The second-order valence-corrected chi connectivity index (χ2v) is 9.32. The molecule has 0 spiro atoms. The summed E-state index contributed by atoms with van der Waals surface area (Å²) in [7, 11) is 0. The number of nitrogens with zero attached hydrogens (tertiary/aromatic N) is 1. The van der Waals surface area contributed by atoms with Crippen LogP contribution in [-0.4, -0.2) is 29.9 Å². The monoisotopic (exact) mass is 404 g/mol.